The summed E-state index contributed by atoms with van der Waals surface area (Å²) in [7, 11) is -4.72. The number of H-pyrrole nitrogens is 1. The second-order valence-corrected chi connectivity index (χ2v) is 3.62. The molecule has 0 amide bonds. The highest BCUT2D eigenvalue weighted by atomic mass is 32.3. The Labute approximate surface area is 72.0 Å². The quantitative estimate of drug-likeness (QED) is 0.658. The van der Waals surface area contributed by atoms with Crippen molar-refractivity contribution in [2.24, 2.45) is 0 Å². The Balaban J connectivity index is 2.75. The van der Waals surface area contributed by atoms with E-state index in [1.54, 1.807) is 0 Å². The largest absolute Gasteiger partial charge is 0.333 e. The van der Waals surface area contributed by atoms with Gasteiger partial charge in [-0.3, -0.25) is 0 Å². The zero-order valence-corrected chi connectivity index (χ0v) is 6.92. The summed E-state index contributed by atoms with van der Waals surface area (Å²) in [4.78, 5) is 3.06. The van der Waals surface area contributed by atoms with Gasteiger partial charge in [-0.2, -0.15) is 18.7 Å². The number of hydrogen-bond acceptors (Lipinski definition) is 5. The summed E-state index contributed by atoms with van der Waals surface area (Å²) in [6.45, 7) is 0. The molecule has 2 aromatic rings. The first kappa shape index (κ1) is 8.05. The van der Waals surface area contributed by atoms with Crippen LogP contribution in [0.1, 0.15) is 0 Å². The molecule has 0 aliphatic carbocycles. The molecule has 6 nitrogen and oxygen atoms in total. The van der Waals surface area contributed by atoms with E-state index < -0.39 is 15.1 Å². The third-order valence-corrected chi connectivity index (χ3v) is 2.22. The molecule has 0 bridgehead atoms. The van der Waals surface area contributed by atoms with Gasteiger partial charge in [-0.05, 0) is 6.07 Å². The predicted molar refractivity (Wildman–Crippen MR) is 40.0 cm³/mol. The number of halogens is 1. The average Bonchev–Trinajstić information content (AvgIpc) is 2.47. The van der Waals surface area contributed by atoms with E-state index >= 15 is 0 Å². The smallest absolute Gasteiger partial charge is 0.232 e. The van der Waals surface area contributed by atoms with Crippen molar-refractivity contribution in [3.63, 3.8) is 0 Å². The fourth-order valence-corrected chi connectivity index (χ4v) is 1.29. The third kappa shape index (κ3) is 1.35. The molecule has 0 saturated carbocycles. The van der Waals surface area contributed by atoms with Gasteiger partial charge in [0.2, 0.25) is 5.65 Å². The van der Waals surface area contributed by atoms with Crippen LogP contribution in [0.3, 0.4) is 0 Å². The molecule has 0 spiro atoms. The lowest BCUT2D eigenvalue weighted by molar-refractivity contribution is 0.552. The number of aromatic amines is 1. The summed E-state index contributed by atoms with van der Waals surface area (Å²) < 4.78 is 33.3. The molecule has 68 valence electrons. The van der Waals surface area contributed by atoms with Gasteiger partial charge in [0.15, 0.2) is 0 Å². The minimum absolute atomic E-state index is 0.207. The lowest BCUT2D eigenvalue weighted by Crippen LogP contribution is -1.92. The molecule has 2 heterocycles. The van der Waals surface area contributed by atoms with E-state index in [-0.39, 0.29) is 11.2 Å². The summed E-state index contributed by atoms with van der Waals surface area (Å²) in [5, 5.41) is 9.38. The first-order chi connectivity index (χ1) is 6.07. The molecular formula is C5H3FN4O2S. The summed E-state index contributed by atoms with van der Waals surface area (Å²) in [6, 6.07) is 1.06. The molecule has 0 aromatic carbocycles. The van der Waals surface area contributed by atoms with Crippen LogP contribution in [0.15, 0.2) is 17.2 Å². The van der Waals surface area contributed by atoms with Crippen LogP contribution in [0.2, 0.25) is 0 Å². The van der Waals surface area contributed by atoms with Crippen molar-refractivity contribution >= 4 is 21.4 Å². The molecule has 0 aliphatic rings. The Morgan fingerprint density at radius 1 is 1.38 bits per heavy atom. The van der Waals surface area contributed by atoms with E-state index in [1.807, 2.05) is 0 Å². The number of pyridine rings is 1. The highest BCUT2D eigenvalue weighted by Gasteiger charge is 2.13. The van der Waals surface area contributed by atoms with Crippen LogP contribution in [0.25, 0.3) is 11.2 Å². The third-order valence-electron chi connectivity index (χ3n) is 1.43. The Kier molecular flexibility index (Phi) is 1.52. The van der Waals surface area contributed by atoms with Gasteiger partial charge in [0.25, 0.3) is 0 Å². The zero-order valence-electron chi connectivity index (χ0n) is 6.10. The standard InChI is InChI=1S/C5H3FN4O2S/c6-13(11,12)3-1-4-5(7-2-3)9-10-8-4/h1-2H,(H,7,8,9,10). The number of rotatable bonds is 1. The molecule has 0 aliphatic heterocycles. The van der Waals surface area contributed by atoms with Crippen molar-refractivity contribution in [2.45, 2.75) is 4.90 Å². The van der Waals surface area contributed by atoms with Crippen molar-refractivity contribution in [3.05, 3.63) is 12.3 Å². The number of nitrogens with zero attached hydrogens (tertiary/aromatic N) is 3. The molecule has 0 saturated heterocycles. The predicted octanol–water partition coefficient (Wildman–Crippen LogP) is 0.0111. The van der Waals surface area contributed by atoms with Gasteiger partial charge in [0.05, 0.1) is 6.20 Å². The molecule has 2 rings (SSSR count). The Hall–Kier alpha value is -1.57. The van der Waals surface area contributed by atoms with Crippen molar-refractivity contribution < 1.29 is 12.3 Å². The van der Waals surface area contributed by atoms with Crippen LogP contribution >= 0.6 is 0 Å². The molecule has 0 fully saturated rings. The van der Waals surface area contributed by atoms with Crippen molar-refractivity contribution in [1.29, 1.82) is 0 Å². The van der Waals surface area contributed by atoms with E-state index in [0.29, 0.717) is 0 Å². The average molecular weight is 202 g/mol. The van der Waals surface area contributed by atoms with E-state index in [4.69, 9.17) is 0 Å². The summed E-state index contributed by atoms with van der Waals surface area (Å²) in [5.74, 6) is 0. The van der Waals surface area contributed by atoms with Gasteiger partial charge in [0, 0.05) is 0 Å². The molecule has 2 aromatic heterocycles. The lowest BCUT2D eigenvalue weighted by atomic mass is 10.4. The first-order valence-corrected chi connectivity index (χ1v) is 4.57. The molecule has 1 N–H and O–H groups in total. The van der Waals surface area contributed by atoms with Gasteiger partial charge in [-0.25, -0.2) is 4.98 Å². The number of nitrogens with one attached hydrogen (secondary N) is 1. The van der Waals surface area contributed by atoms with Crippen LogP contribution in [-0.4, -0.2) is 28.8 Å². The van der Waals surface area contributed by atoms with E-state index in [0.717, 1.165) is 12.3 Å². The molecule has 0 unspecified atom stereocenters. The van der Waals surface area contributed by atoms with Gasteiger partial charge in [0.1, 0.15) is 10.4 Å². The summed E-state index contributed by atoms with van der Waals surface area (Å²) >= 11 is 0. The van der Waals surface area contributed by atoms with Gasteiger partial charge in [-0.1, -0.05) is 0 Å². The van der Waals surface area contributed by atoms with E-state index in [2.05, 4.69) is 20.4 Å². The molecular weight excluding hydrogens is 199 g/mol. The van der Waals surface area contributed by atoms with Crippen LogP contribution in [0.5, 0.6) is 0 Å². The van der Waals surface area contributed by atoms with E-state index in [9.17, 15) is 12.3 Å². The van der Waals surface area contributed by atoms with Crippen LogP contribution in [0.4, 0.5) is 3.89 Å². The topological polar surface area (TPSA) is 88.6 Å². The fourth-order valence-electron chi connectivity index (χ4n) is 0.855. The minimum Gasteiger partial charge on any atom is -0.232 e. The minimum atomic E-state index is -4.72. The molecule has 0 atom stereocenters. The number of fused-ring (bicyclic) bond motifs is 1. The Morgan fingerprint density at radius 2 is 2.15 bits per heavy atom. The van der Waals surface area contributed by atoms with E-state index in [1.165, 1.54) is 0 Å². The van der Waals surface area contributed by atoms with Crippen molar-refractivity contribution in [3.8, 4) is 0 Å². The van der Waals surface area contributed by atoms with Crippen LogP contribution < -0.4 is 0 Å². The highest BCUT2D eigenvalue weighted by molar-refractivity contribution is 7.86. The summed E-state index contributed by atoms with van der Waals surface area (Å²) in [6.07, 6.45) is 0.889. The zero-order chi connectivity index (χ0) is 9.47. The fraction of sp³-hybridized carbons (Fsp3) is 0. The van der Waals surface area contributed by atoms with Crippen LogP contribution in [0, 0.1) is 0 Å². The maximum absolute atomic E-state index is 12.4. The SMILES string of the molecule is O=S(=O)(F)c1cnc2n[nH]nc2c1. The lowest BCUT2D eigenvalue weighted by Gasteiger charge is -1.91. The Bertz CT molecular complexity index is 548. The highest BCUT2D eigenvalue weighted by Crippen LogP contribution is 2.14. The maximum atomic E-state index is 12.4. The van der Waals surface area contributed by atoms with Crippen molar-refractivity contribution in [1.82, 2.24) is 20.4 Å². The maximum Gasteiger partial charge on any atom is 0.333 e. The summed E-state index contributed by atoms with van der Waals surface area (Å²) in [5.41, 5.74) is 0.450. The second-order valence-electron chi connectivity index (χ2n) is 2.28. The number of hydrogen-bond donors (Lipinski definition) is 1. The van der Waals surface area contributed by atoms with Gasteiger partial charge in [-0.15, -0.1) is 8.98 Å². The molecule has 8 heteroatoms. The number of aromatic nitrogens is 4. The van der Waals surface area contributed by atoms with Gasteiger partial charge < -0.3 is 0 Å². The molecule has 13 heavy (non-hydrogen) atoms. The normalized spacial score (nSPS) is 12.1. The monoisotopic (exact) mass is 202 g/mol. The first-order valence-electron chi connectivity index (χ1n) is 3.18. The van der Waals surface area contributed by atoms with Crippen molar-refractivity contribution in [2.75, 3.05) is 0 Å². The second kappa shape index (κ2) is 2.46. The van der Waals surface area contributed by atoms with Crippen LogP contribution in [-0.2, 0) is 10.2 Å². The van der Waals surface area contributed by atoms with Gasteiger partial charge >= 0.3 is 10.2 Å². The molecule has 0 radical (unpaired) electrons. The Morgan fingerprint density at radius 3 is 2.85 bits per heavy atom.